The van der Waals surface area contributed by atoms with Crippen LogP contribution in [0.4, 0.5) is 5.69 Å². The molecule has 0 aliphatic rings. The largest absolute Gasteiger partial charge is 0.497 e. The van der Waals surface area contributed by atoms with Crippen molar-refractivity contribution in [3.05, 3.63) is 88.4 Å². The molecule has 0 fully saturated rings. The SMILES string of the molecule is CNC(=O)C(C)N(Cc1cccc(Cl)c1)C(=O)CN(c1ccc(Cl)cc1)S(=O)(=O)c1ccc(OC)cc1. The third kappa shape index (κ3) is 6.94. The summed E-state index contributed by atoms with van der Waals surface area (Å²) in [6.07, 6.45) is 0. The van der Waals surface area contributed by atoms with Crippen molar-refractivity contribution >= 4 is 50.7 Å². The Labute approximate surface area is 226 Å². The van der Waals surface area contributed by atoms with E-state index in [1.54, 1.807) is 31.2 Å². The molecule has 1 atom stereocenters. The fraction of sp³-hybridized carbons (Fsp3) is 0.231. The Morgan fingerprint density at radius 2 is 1.62 bits per heavy atom. The topological polar surface area (TPSA) is 96.0 Å². The van der Waals surface area contributed by atoms with Gasteiger partial charge in [0.05, 0.1) is 17.7 Å². The van der Waals surface area contributed by atoms with Gasteiger partial charge in [0, 0.05) is 23.6 Å². The molecular formula is C26H27Cl2N3O5S. The minimum Gasteiger partial charge on any atom is -0.497 e. The molecule has 0 aliphatic heterocycles. The molecule has 3 aromatic rings. The van der Waals surface area contributed by atoms with Gasteiger partial charge in [0.15, 0.2) is 0 Å². The highest BCUT2D eigenvalue weighted by Crippen LogP contribution is 2.27. The van der Waals surface area contributed by atoms with Crippen molar-refractivity contribution in [2.24, 2.45) is 0 Å². The number of anilines is 1. The third-order valence-corrected chi connectivity index (χ3v) is 7.97. The first-order valence-electron chi connectivity index (χ1n) is 11.2. The Bertz CT molecular complexity index is 1350. The highest BCUT2D eigenvalue weighted by molar-refractivity contribution is 7.92. The molecule has 1 unspecified atom stereocenters. The van der Waals surface area contributed by atoms with Crippen LogP contribution in [0.2, 0.25) is 10.0 Å². The molecule has 3 aromatic carbocycles. The van der Waals surface area contributed by atoms with Gasteiger partial charge in [0.1, 0.15) is 18.3 Å². The molecule has 1 N–H and O–H groups in total. The second kappa shape index (κ2) is 12.3. The first-order valence-corrected chi connectivity index (χ1v) is 13.4. The van der Waals surface area contributed by atoms with E-state index in [9.17, 15) is 18.0 Å². The van der Waals surface area contributed by atoms with Gasteiger partial charge in [-0.05, 0) is 73.2 Å². The molecule has 0 heterocycles. The summed E-state index contributed by atoms with van der Waals surface area (Å²) in [6, 6.07) is 18.0. The van der Waals surface area contributed by atoms with E-state index >= 15 is 0 Å². The van der Waals surface area contributed by atoms with Gasteiger partial charge in [-0.3, -0.25) is 13.9 Å². The summed E-state index contributed by atoms with van der Waals surface area (Å²) in [4.78, 5) is 27.5. The number of hydrogen-bond donors (Lipinski definition) is 1. The maximum Gasteiger partial charge on any atom is 0.264 e. The van der Waals surface area contributed by atoms with Gasteiger partial charge in [-0.15, -0.1) is 0 Å². The zero-order valence-electron chi connectivity index (χ0n) is 20.5. The standard InChI is InChI=1S/C26H27Cl2N3O5S/c1-18(26(33)29-2)30(16-19-5-4-6-21(28)15-19)25(32)17-31(22-9-7-20(27)8-10-22)37(34,35)24-13-11-23(36-3)12-14-24/h4-15,18H,16-17H2,1-3H3,(H,29,33). The van der Waals surface area contributed by atoms with E-state index in [1.165, 1.54) is 67.6 Å². The Morgan fingerprint density at radius 3 is 2.19 bits per heavy atom. The highest BCUT2D eigenvalue weighted by Gasteiger charge is 2.32. The number of nitrogens with one attached hydrogen (secondary N) is 1. The minimum absolute atomic E-state index is 0.0307. The predicted octanol–water partition coefficient (Wildman–Crippen LogP) is 4.36. The molecule has 0 radical (unpaired) electrons. The first-order chi connectivity index (χ1) is 17.6. The number of amides is 2. The van der Waals surface area contributed by atoms with Crippen LogP contribution < -0.4 is 14.4 Å². The number of carbonyl (C=O) groups excluding carboxylic acids is 2. The predicted molar refractivity (Wildman–Crippen MR) is 145 cm³/mol. The van der Waals surface area contributed by atoms with Gasteiger partial charge in [-0.1, -0.05) is 35.3 Å². The Hall–Kier alpha value is -3.27. The van der Waals surface area contributed by atoms with Crippen molar-refractivity contribution < 1.29 is 22.7 Å². The van der Waals surface area contributed by atoms with Gasteiger partial charge < -0.3 is 15.0 Å². The van der Waals surface area contributed by atoms with Crippen molar-refractivity contribution in [2.75, 3.05) is 25.0 Å². The molecule has 0 aliphatic carbocycles. The van der Waals surface area contributed by atoms with Crippen LogP contribution >= 0.6 is 23.2 Å². The molecule has 0 saturated heterocycles. The average Bonchev–Trinajstić information content (AvgIpc) is 2.90. The van der Waals surface area contributed by atoms with Crippen molar-refractivity contribution in [2.45, 2.75) is 24.4 Å². The van der Waals surface area contributed by atoms with Crippen LogP contribution in [0.5, 0.6) is 5.75 Å². The number of sulfonamides is 1. The van der Waals surface area contributed by atoms with E-state index in [0.717, 1.165) is 4.31 Å². The molecule has 8 nitrogen and oxygen atoms in total. The van der Waals surface area contributed by atoms with Gasteiger partial charge in [-0.25, -0.2) is 8.42 Å². The zero-order chi connectivity index (χ0) is 27.2. The third-order valence-electron chi connectivity index (χ3n) is 5.70. The Balaban J connectivity index is 2.02. The second-order valence-corrected chi connectivity index (χ2v) is 10.8. The number of benzene rings is 3. The van der Waals surface area contributed by atoms with E-state index in [4.69, 9.17) is 27.9 Å². The summed E-state index contributed by atoms with van der Waals surface area (Å²) in [6.45, 7) is 1.06. The van der Waals surface area contributed by atoms with Crippen molar-refractivity contribution in [1.29, 1.82) is 0 Å². The maximum atomic E-state index is 13.7. The van der Waals surface area contributed by atoms with Crippen molar-refractivity contribution in [3.63, 3.8) is 0 Å². The zero-order valence-corrected chi connectivity index (χ0v) is 22.8. The smallest absolute Gasteiger partial charge is 0.264 e. The lowest BCUT2D eigenvalue weighted by Crippen LogP contribution is -2.50. The van der Waals surface area contributed by atoms with E-state index in [-0.39, 0.29) is 17.1 Å². The van der Waals surface area contributed by atoms with Crippen molar-refractivity contribution in [1.82, 2.24) is 10.2 Å². The van der Waals surface area contributed by atoms with Crippen LogP contribution in [0.15, 0.2) is 77.7 Å². The maximum absolute atomic E-state index is 13.7. The lowest BCUT2D eigenvalue weighted by molar-refractivity contribution is -0.139. The van der Waals surface area contributed by atoms with E-state index < -0.39 is 34.4 Å². The number of likely N-dealkylation sites (N-methyl/N-ethyl adjacent to an activating group) is 1. The molecule has 0 saturated carbocycles. The van der Waals surface area contributed by atoms with Crippen LogP contribution in [0.3, 0.4) is 0 Å². The number of hydrogen-bond acceptors (Lipinski definition) is 5. The lowest BCUT2D eigenvalue weighted by atomic mass is 10.1. The highest BCUT2D eigenvalue weighted by atomic mass is 35.5. The summed E-state index contributed by atoms with van der Waals surface area (Å²) in [5.74, 6) is -0.491. The second-order valence-electron chi connectivity index (χ2n) is 8.11. The number of carbonyl (C=O) groups is 2. The normalized spacial score (nSPS) is 11.9. The minimum atomic E-state index is -4.19. The summed E-state index contributed by atoms with van der Waals surface area (Å²) >= 11 is 12.1. The number of rotatable bonds is 10. The number of ether oxygens (including phenoxy) is 1. The average molecular weight is 564 g/mol. The van der Waals surface area contributed by atoms with Crippen LogP contribution in [-0.2, 0) is 26.2 Å². The summed E-state index contributed by atoms with van der Waals surface area (Å²) < 4.78 is 33.6. The molecule has 3 rings (SSSR count). The van der Waals surface area contributed by atoms with Crippen LogP contribution in [-0.4, -0.2) is 51.9 Å². The Kier molecular flexibility index (Phi) is 9.42. The molecule has 0 bridgehead atoms. The first kappa shape index (κ1) is 28.3. The molecule has 37 heavy (non-hydrogen) atoms. The quantitative estimate of drug-likeness (QED) is 0.395. The molecular weight excluding hydrogens is 537 g/mol. The molecule has 196 valence electrons. The number of nitrogens with zero attached hydrogens (tertiary/aromatic N) is 2. The van der Waals surface area contributed by atoms with Crippen LogP contribution in [0.25, 0.3) is 0 Å². The molecule has 11 heteroatoms. The Morgan fingerprint density at radius 1 is 0.973 bits per heavy atom. The number of halogens is 2. The van der Waals surface area contributed by atoms with Gasteiger partial charge in [0.2, 0.25) is 11.8 Å². The molecule has 0 spiro atoms. The monoisotopic (exact) mass is 563 g/mol. The van der Waals surface area contributed by atoms with E-state index in [2.05, 4.69) is 5.32 Å². The van der Waals surface area contributed by atoms with Gasteiger partial charge in [-0.2, -0.15) is 0 Å². The summed E-state index contributed by atoms with van der Waals surface area (Å²) in [5, 5.41) is 3.42. The molecule has 0 aromatic heterocycles. The summed E-state index contributed by atoms with van der Waals surface area (Å²) in [5.41, 5.74) is 0.927. The van der Waals surface area contributed by atoms with Gasteiger partial charge >= 0.3 is 0 Å². The fourth-order valence-corrected chi connectivity index (χ4v) is 5.39. The van der Waals surface area contributed by atoms with Crippen molar-refractivity contribution in [3.8, 4) is 5.75 Å². The van der Waals surface area contributed by atoms with Crippen LogP contribution in [0.1, 0.15) is 12.5 Å². The fourth-order valence-electron chi connectivity index (χ4n) is 3.63. The lowest BCUT2D eigenvalue weighted by Gasteiger charge is -2.31. The molecule has 2 amide bonds. The van der Waals surface area contributed by atoms with E-state index in [0.29, 0.717) is 21.4 Å². The number of methoxy groups -OCH3 is 1. The van der Waals surface area contributed by atoms with Gasteiger partial charge in [0.25, 0.3) is 10.0 Å². The van der Waals surface area contributed by atoms with E-state index in [1.807, 2.05) is 0 Å². The summed E-state index contributed by atoms with van der Waals surface area (Å²) in [7, 11) is -1.24. The van der Waals surface area contributed by atoms with Crippen LogP contribution in [0, 0.1) is 0 Å².